The minimum absolute atomic E-state index is 0.233. The van der Waals surface area contributed by atoms with E-state index in [4.69, 9.17) is 5.73 Å². The molecule has 0 saturated heterocycles. The molecular weight excluding hydrogens is 174 g/mol. The lowest BCUT2D eigenvalue weighted by Crippen LogP contribution is -2.37. The predicted octanol–water partition coefficient (Wildman–Crippen LogP) is 1.15. The molecule has 0 aliphatic carbocycles. The van der Waals surface area contributed by atoms with E-state index in [0.717, 1.165) is 13.1 Å². The molecule has 0 amide bonds. The highest BCUT2D eigenvalue weighted by Crippen LogP contribution is 1.98. The van der Waals surface area contributed by atoms with Gasteiger partial charge in [-0.05, 0) is 23.6 Å². The monoisotopic (exact) mass is 193 g/mol. The molecule has 1 aromatic heterocycles. The highest BCUT2D eigenvalue weighted by molar-refractivity contribution is 5.08. The molecule has 1 heterocycles. The fourth-order valence-electron chi connectivity index (χ4n) is 1.12. The SMILES string of the molecule is CC(C)C(N)CNCc1ccncc1. The molecule has 0 aliphatic rings. The van der Waals surface area contributed by atoms with E-state index in [1.807, 2.05) is 12.1 Å². The van der Waals surface area contributed by atoms with Crippen molar-refractivity contribution in [3.8, 4) is 0 Å². The van der Waals surface area contributed by atoms with Gasteiger partial charge in [-0.25, -0.2) is 0 Å². The Hall–Kier alpha value is -0.930. The molecule has 0 fully saturated rings. The summed E-state index contributed by atoms with van der Waals surface area (Å²) in [6, 6.07) is 4.25. The number of rotatable bonds is 5. The molecule has 14 heavy (non-hydrogen) atoms. The molecule has 0 radical (unpaired) electrons. The average Bonchev–Trinajstić information content (AvgIpc) is 2.19. The summed E-state index contributed by atoms with van der Waals surface area (Å²) in [7, 11) is 0. The van der Waals surface area contributed by atoms with Crippen molar-refractivity contribution in [2.75, 3.05) is 6.54 Å². The molecule has 1 unspecified atom stereocenters. The lowest BCUT2D eigenvalue weighted by Gasteiger charge is -2.16. The lowest BCUT2D eigenvalue weighted by atomic mass is 10.1. The fraction of sp³-hybridized carbons (Fsp3) is 0.545. The molecular formula is C11H19N3. The zero-order chi connectivity index (χ0) is 10.4. The topological polar surface area (TPSA) is 50.9 Å². The molecule has 0 saturated carbocycles. The van der Waals surface area contributed by atoms with Crippen LogP contribution in [0.1, 0.15) is 19.4 Å². The Balaban J connectivity index is 2.22. The second-order valence-corrected chi connectivity index (χ2v) is 3.89. The first-order chi connectivity index (χ1) is 6.70. The smallest absolute Gasteiger partial charge is 0.0271 e. The summed E-state index contributed by atoms with van der Waals surface area (Å²) in [5.74, 6) is 0.528. The van der Waals surface area contributed by atoms with Gasteiger partial charge in [0.1, 0.15) is 0 Å². The summed E-state index contributed by atoms with van der Waals surface area (Å²) in [4.78, 5) is 3.96. The van der Waals surface area contributed by atoms with Crippen LogP contribution in [-0.2, 0) is 6.54 Å². The van der Waals surface area contributed by atoms with E-state index in [0.29, 0.717) is 5.92 Å². The first-order valence-corrected chi connectivity index (χ1v) is 5.05. The number of hydrogen-bond acceptors (Lipinski definition) is 3. The van der Waals surface area contributed by atoms with Gasteiger partial charge in [0.25, 0.3) is 0 Å². The van der Waals surface area contributed by atoms with Gasteiger partial charge in [-0.1, -0.05) is 13.8 Å². The second kappa shape index (κ2) is 5.73. The van der Waals surface area contributed by atoms with Crippen LogP contribution in [-0.4, -0.2) is 17.6 Å². The Morgan fingerprint density at radius 1 is 1.36 bits per heavy atom. The standard InChI is InChI=1S/C11H19N3/c1-9(2)11(12)8-14-7-10-3-5-13-6-4-10/h3-6,9,11,14H,7-8,12H2,1-2H3. The van der Waals surface area contributed by atoms with Crippen LogP contribution in [0.3, 0.4) is 0 Å². The van der Waals surface area contributed by atoms with Crippen LogP contribution in [0.5, 0.6) is 0 Å². The summed E-state index contributed by atoms with van der Waals surface area (Å²) in [6.45, 7) is 6.00. The average molecular weight is 193 g/mol. The summed E-state index contributed by atoms with van der Waals surface area (Å²) in [5, 5.41) is 3.33. The van der Waals surface area contributed by atoms with Gasteiger partial charge >= 0.3 is 0 Å². The van der Waals surface area contributed by atoms with Gasteiger partial charge in [0.05, 0.1) is 0 Å². The third-order valence-corrected chi connectivity index (χ3v) is 2.31. The fourth-order valence-corrected chi connectivity index (χ4v) is 1.12. The van der Waals surface area contributed by atoms with E-state index < -0.39 is 0 Å². The van der Waals surface area contributed by atoms with Crippen LogP contribution in [0, 0.1) is 5.92 Å². The van der Waals surface area contributed by atoms with E-state index in [1.54, 1.807) is 12.4 Å². The molecule has 1 atom stereocenters. The highest BCUT2D eigenvalue weighted by atomic mass is 14.9. The summed E-state index contributed by atoms with van der Waals surface area (Å²) < 4.78 is 0. The zero-order valence-corrected chi connectivity index (χ0v) is 8.90. The number of nitrogens with two attached hydrogens (primary N) is 1. The minimum atomic E-state index is 0.233. The van der Waals surface area contributed by atoms with Crippen molar-refractivity contribution in [3.63, 3.8) is 0 Å². The van der Waals surface area contributed by atoms with E-state index >= 15 is 0 Å². The molecule has 78 valence electrons. The van der Waals surface area contributed by atoms with Gasteiger partial charge in [-0.15, -0.1) is 0 Å². The van der Waals surface area contributed by atoms with Crippen molar-refractivity contribution in [2.24, 2.45) is 11.7 Å². The molecule has 3 N–H and O–H groups in total. The van der Waals surface area contributed by atoms with Crippen molar-refractivity contribution < 1.29 is 0 Å². The largest absolute Gasteiger partial charge is 0.326 e. The van der Waals surface area contributed by atoms with Crippen molar-refractivity contribution in [3.05, 3.63) is 30.1 Å². The lowest BCUT2D eigenvalue weighted by molar-refractivity contribution is 0.458. The summed E-state index contributed by atoms with van der Waals surface area (Å²) in [5.41, 5.74) is 7.15. The molecule has 0 bridgehead atoms. The molecule has 3 nitrogen and oxygen atoms in total. The van der Waals surface area contributed by atoms with Crippen LogP contribution in [0.2, 0.25) is 0 Å². The Morgan fingerprint density at radius 3 is 2.57 bits per heavy atom. The van der Waals surface area contributed by atoms with Crippen molar-refractivity contribution in [1.29, 1.82) is 0 Å². The zero-order valence-electron chi connectivity index (χ0n) is 8.90. The predicted molar refractivity (Wildman–Crippen MR) is 58.8 cm³/mol. The number of hydrogen-bond donors (Lipinski definition) is 2. The highest BCUT2D eigenvalue weighted by Gasteiger charge is 2.05. The van der Waals surface area contributed by atoms with E-state index in [-0.39, 0.29) is 6.04 Å². The van der Waals surface area contributed by atoms with Crippen molar-refractivity contribution >= 4 is 0 Å². The molecule has 1 rings (SSSR count). The van der Waals surface area contributed by atoms with Crippen LogP contribution >= 0.6 is 0 Å². The Labute approximate surface area is 85.7 Å². The third kappa shape index (κ3) is 3.85. The Morgan fingerprint density at radius 2 is 2.00 bits per heavy atom. The quantitative estimate of drug-likeness (QED) is 0.737. The summed E-state index contributed by atoms with van der Waals surface area (Å²) >= 11 is 0. The molecule has 0 aliphatic heterocycles. The first-order valence-electron chi connectivity index (χ1n) is 5.05. The van der Waals surface area contributed by atoms with Gasteiger partial charge in [-0.3, -0.25) is 4.98 Å². The van der Waals surface area contributed by atoms with Crippen LogP contribution in [0.25, 0.3) is 0 Å². The van der Waals surface area contributed by atoms with E-state index in [2.05, 4.69) is 24.1 Å². The maximum Gasteiger partial charge on any atom is 0.0271 e. The van der Waals surface area contributed by atoms with Crippen molar-refractivity contribution in [1.82, 2.24) is 10.3 Å². The molecule has 3 heteroatoms. The van der Waals surface area contributed by atoms with Gasteiger partial charge in [0.2, 0.25) is 0 Å². The van der Waals surface area contributed by atoms with Crippen LogP contribution in [0.4, 0.5) is 0 Å². The van der Waals surface area contributed by atoms with E-state index in [1.165, 1.54) is 5.56 Å². The Kier molecular flexibility index (Phi) is 4.56. The van der Waals surface area contributed by atoms with Crippen LogP contribution in [0.15, 0.2) is 24.5 Å². The van der Waals surface area contributed by atoms with Gasteiger partial charge in [0.15, 0.2) is 0 Å². The normalized spacial score (nSPS) is 13.1. The van der Waals surface area contributed by atoms with Gasteiger partial charge in [-0.2, -0.15) is 0 Å². The molecule has 1 aromatic rings. The minimum Gasteiger partial charge on any atom is -0.326 e. The Bertz CT molecular complexity index is 246. The third-order valence-electron chi connectivity index (χ3n) is 2.31. The van der Waals surface area contributed by atoms with E-state index in [9.17, 15) is 0 Å². The number of nitrogens with zero attached hydrogens (tertiary/aromatic N) is 1. The second-order valence-electron chi connectivity index (χ2n) is 3.89. The first kappa shape index (κ1) is 11.1. The maximum atomic E-state index is 5.91. The molecule has 0 spiro atoms. The number of aromatic nitrogens is 1. The van der Waals surface area contributed by atoms with Gasteiger partial charge < -0.3 is 11.1 Å². The number of pyridine rings is 1. The summed E-state index contributed by atoms with van der Waals surface area (Å²) in [6.07, 6.45) is 3.61. The molecule has 0 aromatic carbocycles. The number of nitrogens with one attached hydrogen (secondary N) is 1. The van der Waals surface area contributed by atoms with Gasteiger partial charge in [0, 0.05) is 31.5 Å². The maximum absolute atomic E-state index is 5.91. The van der Waals surface area contributed by atoms with Crippen molar-refractivity contribution in [2.45, 2.75) is 26.4 Å². The van der Waals surface area contributed by atoms with Crippen LogP contribution < -0.4 is 11.1 Å².